The number of amides is 1. The number of nitrogens with zero attached hydrogens (tertiary/aromatic N) is 5. The van der Waals surface area contributed by atoms with E-state index < -0.39 is 11.9 Å². The summed E-state index contributed by atoms with van der Waals surface area (Å²) in [5, 5.41) is 10.4. The molecule has 11 heteroatoms. The maximum Gasteiger partial charge on any atom is 0.407 e. The molecule has 0 radical (unpaired) electrons. The Morgan fingerprint density at radius 1 is 1.43 bits per heavy atom. The van der Waals surface area contributed by atoms with Gasteiger partial charge in [0.05, 0.1) is 23.5 Å². The lowest BCUT2D eigenvalue weighted by atomic mass is 9.99. The fourth-order valence-corrected chi connectivity index (χ4v) is 5.89. The Hall–Kier alpha value is -1.65. The summed E-state index contributed by atoms with van der Waals surface area (Å²) in [4.78, 5) is 28.7. The van der Waals surface area contributed by atoms with Gasteiger partial charge in [0, 0.05) is 6.54 Å². The van der Waals surface area contributed by atoms with Crippen molar-refractivity contribution in [1.82, 2.24) is 19.9 Å². The highest BCUT2D eigenvalue weighted by atomic mass is 79.9. The summed E-state index contributed by atoms with van der Waals surface area (Å²) in [5.41, 5.74) is 0.105. The monoisotopic (exact) mass is 515 g/mol. The van der Waals surface area contributed by atoms with E-state index in [0.29, 0.717) is 33.9 Å². The van der Waals surface area contributed by atoms with Gasteiger partial charge in [-0.2, -0.15) is 0 Å². The summed E-state index contributed by atoms with van der Waals surface area (Å²) in [6, 6.07) is -0.499. The lowest BCUT2D eigenvalue weighted by Crippen LogP contribution is -2.61. The largest absolute Gasteiger partial charge is 0.465 e. The van der Waals surface area contributed by atoms with E-state index in [0.717, 1.165) is 18.6 Å². The van der Waals surface area contributed by atoms with E-state index in [-0.39, 0.29) is 28.8 Å². The Bertz CT molecular complexity index is 1030. The van der Waals surface area contributed by atoms with Gasteiger partial charge in [-0.3, -0.25) is 4.90 Å². The van der Waals surface area contributed by atoms with Crippen LogP contribution < -0.4 is 4.90 Å². The van der Waals surface area contributed by atoms with Crippen LogP contribution in [0.4, 0.5) is 15.0 Å². The molecule has 0 aromatic carbocycles. The third-order valence-corrected chi connectivity index (χ3v) is 7.19. The number of rotatable bonds is 5. The van der Waals surface area contributed by atoms with Crippen molar-refractivity contribution < 1.29 is 14.3 Å². The molecule has 4 rings (SSSR count). The van der Waals surface area contributed by atoms with Gasteiger partial charge >= 0.3 is 6.09 Å². The molecule has 0 saturated carbocycles. The van der Waals surface area contributed by atoms with Crippen molar-refractivity contribution in [2.75, 3.05) is 17.2 Å². The Labute approximate surface area is 190 Å². The van der Waals surface area contributed by atoms with E-state index in [1.807, 2.05) is 6.92 Å². The normalized spacial score (nSPS) is 23.3. The molecular formula is C19H20BrClFN5O2S. The second-order valence-corrected chi connectivity index (χ2v) is 9.57. The highest BCUT2D eigenvalue weighted by Crippen LogP contribution is 2.42. The maximum absolute atomic E-state index is 14.9. The van der Waals surface area contributed by atoms with Crippen LogP contribution in [0.25, 0.3) is 10.9 Å². The first kappa shape index (κ1) is 21.6. The number of piperazine rings is 1. The van der Waals surface area contributed by atoms with Gasteiger partial charge in [-0.15, -0.1) is 6.58 Å². The molecule has 2 saturated heterocycles. The van der Waals surface area contributed by atoms with Gasteiger partial charge in [0.15, 0.2) is 16.1 Å². The van der Waals surface area contributed by atoms with E-state index in [9.17, 15) is 14.3 Å². The van der Waals surface area contributed by atoms with Crippen molar-refractivity contribution >= 4 is 62.1 Å². The Balaban J connectivity index is 1.92. The quantitative estimate of drug-likeness (QED) is 0.260. The predicted molar refractivity (Wildman–Crippen MR) is 119 cm³/mol. The predicted octanol–water partition coefficient (Wildman–Crippen LogP) is 4.97. The minimum absolute atomic E-state index is 0.105. The molecule has 30 heavy (non-hydrogen) atoms. The lowest BCUT2D eigenvalue weighted by molar-refractivity contribution is 0.101. The summed E-state index contributed by atoms with van der Waals surface area (Å²) in [7, 11) is 0. The molecular weight excluding hydrogens is 497 g/mol. The Morgan fingerprint density at radius 3 is 2.87 bits per heavy atom. The average Bonchev–Trinajstić information content (AvgIpc) is 3.04. The molecule has 2 aromatic rings. The smallest absolute Gasteiger partial charge is 0.407 e. The van der Waals surface area contributed by atoms with Crippen LogP contribution in [0, 0.1) is 5.82 Å². The van der Waals surface area contributed by atoms with Crippen molar-refractivity contribution in [2.45, 2.75) is 49.5 Å². The third kappa shape index (κ3) is 3.52. The maximum atomic E-state index is 14.9. The third-order valence-electron chi connectivity index (χ3n) is 5.63. The van der Waals surface area contributed by atoms with E-state index in [1.54, 1.807) is 11.0 Å². The standard InChI is InChI=1S/C19H20BrClFN5O2S/c1-3-5-10-11-7-6-9(27(11)19(28)29)8-26(10)17-12-14(23-18(25-17)30-4-2)13(22)16(21)24-15(12)20/h3,9-11H,1,4-8H2,2H3,(H,28,29)/t9-,10+,11+/m1/s1. The SMILES string of the molecule is C=CC[C@H]1[C@@H]2CC[C@H](CN1c1nc(SCC)nc3c(F)c(Cl)nc(Br)c13)N2C(=O)O. The summed E-state index contributed by atoms with van der Waals surface area (Å²) < 4.78 is 15.2. The molecule has 4 heterocycles. The first-order valence-corrected chi connectivity index (χ1v) is 11.8. The van der Waals surface area contributed by atoms with Gasteiger partial charge in [0.2, 0.25) is 0 Å². The van der Waals surface area contributed by atoms with Crippen LogP contribution >= 0.6 is 39.3 Å². The van der Waals surface area contributed by atoms with Crippen LogP contribution in [-0.4, -0.2) is 61.5 Å². The van der Waals surface area contributed by atoms with Crippen molar-refractivity contribution in [3.63, 3.8) is 0 Å². The number of carbonyl (C=O) groups is 1. The Morgan fingerprint density at radius 2 is 2.20 bits per heavy atom. The summed E-state index contributed by atoms with van der Waals surface area (Å²) in [5.74, 6) is 0.573. The molecule has 1 N–H and O–H groups in total. The number of halogens is 3. The zero-order chi connectivity index (χ0) is 21.6. The number of carboxylic acid groups (broad SMARTS) is 1. The topological polar surface area (TPSA) is 82.5 Å². The second kappa shape index (κ2) is 8.47. The van der Waals surface area contributed by atoms with Crippen molar-refractivity contribution in [3.05, 3.63) is 28.2 Å². The molecule has 0 aliphatic carbocycles. The van der Waals surface area contributed by atoms with Crippen LogP contribution in [0.3, 0.4) is 0 Å². The van der Waals surface area contributed by atoms with Gasteiger partial charge in [0.1, 0.15) is 15.9 Å². The molecule has 3 atom stereocenters. The molecule has 2 fully saturated rings. The van der Waals surface area contributed by atoms with Crippen LogP contribution in [0.15, 0.2) is 22.4 Å². The van der Waals surface area contributed by atoms with E-state index in [2.05, 4.69) is 37.4 Å². The summed E-state index contributed by atoms with van der Waals surface area (Å²) >= 11 is 10.8. The molecule has 1 amide bonds. The first-order valence-electron chi connectivity index (χ1n) is 9.61. The molecule has 2 aromatic heterocycles. The number of aromatic nitrogens is 3. The molecule has 2 bridgehead atoms. The van der Waals surface area contributed by atoms with Crippen molar-refractivity contribution in [3.8, 4) is 0 Å². The minimum atomic E-state index is -0.911. The van der Waals surface area contributed by atoms with Gasteiger partial charge < -0.3 is 10.0 Å². The fraction of sp³-hybridized carbons (Fsp3) is 0.474. The van der Waals surface area contributed by atoms with Crippen LogP contribution in [-0.2, 0) is 0 Å². The van der Waals surface area contributed by atoms with E-state index in [1.165, 1.54) is 11.8 Å². The van der Waals surface area contributed by atoms with Crippen LogP contribution in [0.1, 0.15) is 26.2 Å². The number of thioether (sulfide) groups is 1. The zero-order valence-corrected chi connectivity index (χ0v) is 19.3. The van der Waals surface area contributed by atoms with E-state index in [4.69, 9.17) is 16.6 Å². The number of hydrogen-bond acceptors (Lipinski definition) is 6. The molecule has 2 aliphatic heterocycles. The van der Waals surface area contributed by atoms with Gasteiger partial charge in [0.25, 0.3) is 0 Å². The first-order chi connectivity index (χ1) is 14.4. The van der Waals surface area contributed by atoms with Gasteiger partial charge in [-0.1, -0.05) is 36.4 Å². The second-order valence-electron chi connectivity index (χ2n) is 7.23. The highest BCUT2D eigenvalue weighted by molar-refractivity contribution is 9.10. The molecule has 7 nitrogen and oxygen atoms in total. The number of pyridine rings is 1. The van der Waals surface area contributed by atoms with Crippen molar-refractivity contribution in [2.24, 2.45) is 0 Å². The highest BCUT2D eigenvalue weighted by Gasteiger charge is 2.49. The molecule has 2 aliphatic rings. The average molecular weight is 517 g/mol. The molecule has 0 unspecified atom stereocenters. The summed E-state index contributed by atoms with van der Waals surface area (Å²) in [6.45, 7) is 6.29. The number of fused-ring (bicyclic) bond motifs is 3. The van der Waals surface area contributed by atoms with Crippen molar-refractivity contribution in [1.29, 1.82) is 0 Å². The minimum Gasteiger partial charge on any atom is -0.465 e. The molecule has 160 valence electrons. The number of anilines is 1. The number of hydrogen-bond donors (Lipinski definition) is 1. The zero-order valence-electron chi connectivity index (χ0n) is 16.2. The van der Waals surface area contributed by atoms with E-state index >= 15 is 0 Å². The Kier molecular flexibility index (Phi) is 6.09. The van der Waals surface area contributed by atoms with Crippen LogP contribution in [0.5, 0.6) is 0 Å². The lowest BCUT2D eigenvalue weighted by Gasteiger charge is -2.46. The molecule has 0 spiro atoms. The fourth-order valence-electron chi connectivity index (χ4n) is 4.50. The van der Waals surface area contributed by atoms with Gasteiger partial charge in [-0.05, 0) is 40.9 Å². The van der Waals surface area contributed by atoms with Gasteiger partial charge in [-0.25, -0.2) is 24.1 Å². The summed E-state index contributed by atoms with van der Waals surface area (Å²) in [6.07, 6.45) is 2.99. The van der Waals surface area contributed by atoms with Crippen LogP contribution in [0.2, 0.25) is 5.15 Å².